The first-order valence-electron chi connectivity index (χ1n) is 5.17. The molecule has 0 spiro atoms. The smallest absolute Gasteiger partial charge is 0.0687 e. The van der Waals surface area contributed by atoms with Gasteiger partial charge >= 0.3 is 0 Å². The summed E-state index contributed by atoms with van der Waals surface area (Å²) >= 11 is 0. The first-order valence-corrected chi connectivity index (χ1v) is 5.17. The van der Waals surface area contributed by atoms with Crippen LogP contribution in [0, 0.1) is 6.07 Å². The van der Waals surface area contributed by atoms with Crippen molar-refractivity contribution >= 4 is 5.69 Å². The summed E-state index contributed by atoms with van der Waals surface area (Å²) < 4.78 is 0. The van der Waals surface area contributed by atoms with E-state index in [9.17, 15) is 10.2 Å². The molecule has 15 heavy (non-hydrogen) atoms. The molecule has 0 aliphatic carbocycles. The zero-order chi connectivity index (χ0) is 11.3. The number of aliphatic hydroxyl groups excluding tert-OH is 2. The quantitative estimate of drug-likeness (QED) is 0.760. The Morgan fingerprint density at radius 1 is 1.20 bits per heavy atom. The Bertz CT molecular complexity index is 262. The Morgan fingerprint density at radius 3 is 2.20 bits per heavy atom. The van der Waals surface area contributed by atoms with Gasteiger partial charge in [0.25, 0.3) is 0 Å². The first kappa shape index (κ1) is 12.0. The maximum Gasteiger partial charge on any atom is 0.0687 e. The molecule has 0 fully saturated rings. The SMILES string of the molecule is CC(O)CN(CC(C)O)c1[c]cccc1. The van der Waals surface area contributed by atoms with Gasteiger partial charge in [-0.25, -0.2) is 0 Å². The summed E-state index contributed by atoms with van der Waals surface area (Å²) in [6, 6.07) is 10.6. The minimum Gasteiger partial charge on any atom is -0.392 e. The van der Waals surface area contributed by atoms with Crippen LogP contribution >= 0.6 is 0 Å². The molecule has 1 aromatic carbocycles. The van der Waals surface area contributed by atoms with Crippen molar-refractivity contribution in [2.75, 3.05) is 18.0 Å². The summed E-state index contributed by atoms with van der Waals surface area (Å²) in [6.45, 7) is 4.48. The van der Waals surface area contributed by atoms with Gasteiger partial charge in [-0.2, -0.15) is 0 Å². The van der Waals surface area contributed by atoms with E-state index in [1.807, 2.05) is 29.2 Å². The molecule has 0 aliphatic heterocycles. The van der Waals surface area contributed by atoms with E-state index in [-0.39, 0.29) is 0 Å². The second kappa shape index (κ2) is 5.73. The average molecular weight is 208 g/mol. The van der Waals surface area contributed by atoms with Crippen molar-refractivity contribution in [3.63, 3.8) is 0 Å². The third-order valence-electron chi connectivity index (χ3n) is 2.00. The average Bonchev–Trinajstić information content (AvgIpc) is 2.17. The Balaban J connectivity index is 2.72. The number of hydrogen-bond donors (Lipinski definition) is 2. The molecule has 83 valence electrons. The number of para-hydroxylation sites is 1. The molecular weight excluding hydrogens is 190 g/mol. The van der Waals surface area contributed by atoms with Crippen LogP contribution in [0.1, 0.15) is 13.8 Å². The van der Waals surface area contributed by atoms with Crippen LogP contribution < -0.4 is 4.90 Å². The van der Waals surface area contributed by atoms with Crippen LogP contribution in [-0.4, -0.2) is 35.5 Å². The minimum atomic E-state index is -0.419. The van der Waals surface area contributed by atoms with Crippen LogP contribution in [0.25, 0.3) is 0 Å². The van der Waals surface area contributed by atoms with Crippen LogP contribution in [0.4, 0.5) is 5.69 Å². The summed E-state index contributed by atoms with van der Waals surface area (Å²) in [7, 11) is 0. The highest BCUT2D eigenvalue weighted by molar-refractivity contribution is 5.45. The Kier molecular flexibility index (Phi) is 4.59. The highest BCUT2D eigenvalue weighted by Gasteiger charge is 2.11. The van der Waals surface area contributed by atoms with Crippen molar-refractivity contribution in [1.82, 2.24) is 0 Å². The number of anilines is 1. The molecule has 1 aromatic rings. The number of aliphatic hydroxyl groups is 2. The Labute approximate surface area is 91.0 Å². The van der Waals surface area contributed by atoms with Gasteiger partial charge in [-0.1, -0.05) is 18.2 Å². The predicted octanol–water partition coefficient (Wildman–Crippen LogP) is 1.05. The van der Waals surface area contributed by atoms with Crippen LogP contribution in [-0.2, 0) is 0 Å². The maximum absolute atomic E-state index is 9.36. The Hall–Kier alpha value is -1.06. The first-order chi connectivity index (χ1) is 7.09. The van der Waals surface area contributed by atoms with E-state index >= 15 is 0 Å². The van der Waals surface area contributed by atoms with E-state index in [1.165, 1.54) is 0 Å². The molecule has 1 radical (unpaired) electrons. The summed E-state index contributed by atoms with van der Waals surface area (Å²) in [6.07, 6.45) is -0.838. The highest BCUT2D eigenvalue weighted by Crippen LogP contribution is 2.13. The summed E-state index contributed by atoms with van der Waals surface area (Å²) in [5.41, 5.74) is 0.902. The van der Waals surface area contributed by atoms with Crippen molar-refractivity contribution in [2.24, 2.45) is 0 Å². The second-order valence-electron chi connectivity index (χ2n) is 3.85. The standard InChI is InChI=1S/C12H18NO2/c1-10(14)8-13(9-11(2)15)12-6-4-3-5-7-12/h3-6,10-11,14-15H,8-9H2,1-2H3. The lowest BCUT2D eigenvalue weighted by Crippen LogP contribution is -2.36. The lowest BCUT2D eigenvalue weighted by atomic mass is 10.2. The van der Waals surface area contributed by atoms with Gasteiger partial charge in [-0.3, -0.25) is 0 Å². The van der Waals surface area contributed by atoms with Crippen molar-refractivity contribution in [1.29, 1.82) is 0 Å². The van der Waals surface area contributed by atoms with Crippen molar-refractivity contribution in [3.8, 4) is 0 Å². The fourth-order valence-corrected chi connectivity index (χ4v) is 1.49. The van der Waals surface area contributed by atoms with Gasteiger partial charge in [0.2, 0.25) is 0 Å². The van der Waals surface area contributed by atoms with Gasteiger partial charge in [0.15, 0.2) is 0 Å². The molecule has 0 saturated heterocycles. The third-order valence-corrected chi connectivity index (χ3v) is 2.00. The lowest BCUT2D eigenvalue weighted by Gasteiger charge is -2.27. The monoisotopic (exact) mass is 208 g/mol. The van der Waals surface area contributed by atoms with Crippen molar-refractivity contribution in [2.45, 2.75) is 26.1 Å². The second-order valence-corrected chi connectivity index (χ2v) is 3.85. The van der Waals surface area contributed by atoms with Crippen LogP contribution in [0.2, 0.25) is 0 Å². The number of hydrogen-bond acceptors (Lipinski definition) is 3. The van der Waals surface area contributed by atoms with Crippen LogP contribution in [0.3, 0.4) is 0 Å². The van der Waals surface area contributed by atoms with E-state index in [4.69, 9.17) is 0 Å². The lowest BCUT2D eigenvalue weighted by molar-refractivity contribution is 0.178. The fraction of sp³-hybridized carbons (Fsp3) is 0.500. The minimum absolute atomic E-state index is 0.419. The molecule has 3 heteroatoms. The number of nitrogens with zero attached hydrogens (tertiary/aromatic N) is 1. The molecule has 0 amide bonds. The zero-order valence-corrected chi connectivity index (χ0v) is 9.22. The van der Waals surface area contributed by atoms with Gasteiger partial charge in [-0.05, 0) is 19.9 Å². The molecule has 0 bridgehead atoms. The molecule has 0 heterocycles. The molecule has 1 rings (SSSR count). The number of rotatable bonds is 5. The van der Waals surface area contributed by atoms with E-state index < -0.39 is 12.2 Å². The van der Waals surface area contributed by atoms with Gasteiger partial charge < -0.3 is 15.1 Å². The van der Waals surface area contributed by atoms with E-state index in [1.54, 1.807) is 13.8 Å². The van der Waals surface area contributed by atoms with E-state index in [0.29, 0.717) is 13.1 Å². The van der Waals surface area contributed by atoms with Gasteiger partial charge in [0, 0.05) is 24.8 Å². The van der Waals surface area contributed by atoms with Crippen molar-refractivity contribution < 1.29 is 10.2 Å². The number of benzene rings is 1. The van der Waals surface area contributed by atoms with Gasteiger partial charge in [-0.15, -0.1) is 0 Å². The normalized spacial score (nSPS) is 14.7. The molecule has 3 nitrogen and oxygen atoms in total. The fourth-order valence-electron chi connectivity index (χ4n) is 1.49. The summed E-state index contributed by atoms with van der Waals surface area (Å²) in [4.78, 5) is 1.93. The zero-order valence-electron chi connectivity index (χ0n) is 9.22. The highest BCUT2D eigenvalue weighted by atomic mass is 16.3. The van der Waals surface area contributed by atoms with Crippen LogP contribution in [0.5, 0.6) is 0 Å². The molecule has 0 aromatic heterocycles. The largest absolute Gasteiger partial charge is 0.392 e. The summed E-state index contributed by atoms with van der Waals surface area (Å²) in [5, 5.41) is 18.7. The Morgan fingerprint density at radius 2 is 1.80 bits per heavy atom. The molecule has 2 atom stereocenters. The molecule has 2 unspecified atom stereocenters. The molecular formula is C12H18NO2. The van der Waals surface area contributed by atoms with Gasteiger partial charge in [0.05, 0.1) is 12.2 Å². The maximum atomic E-state index is 9.36. The topological polar surface area (TPSA) is 43.7 Å². The molecule has 0 aliphatic rings. The molecule has 0 saturated carbocycles. The van der Waals surface area contributed by atoms with Crippen LogP contribution in [0.15, 0.2) is 24.3 Å². The molecule has 2 N–H and O–H groups in total. The predicted molar refractivity (Wildman–Crippen MR) is 60.9 cm³/mol. The van der Waals surface area contributed by atoms with E-state index in [0.717, 1.165) is 5.69 Å². The third kappa shape index (κ3) is 4.32. The summed E-state index contributed by atoms with van der Waals surface area (Å²) in [5.74, 6) is 0. The van der Waals surface area contributed by atoms with Gasteiger partial charge in [0.1, 0.15) is 0 Å². The van der Waals surface area contributed by atoms with E-state index in [2.05, 4.69) is 6.07 Å². The van der Waals surface area contributed by atoms with Crippen molar-refractivity contribution in [3.05, 3.63) is 30.3 Å².